The molecule has 33 heavy (non-hydrogen) atoms. The van der Waals surface area contributed by atoms with E-state index in [1.54, 1.807) is 43.3 Å². The Morgan fingerprint density at radius 3 is 2.27 bits per heavy atom. The van der Waals surface area contributed by atoms with Gasteiger partial charge in [0.25, 0.3) is 0 Å². The van der Waals surface area contributed by atoms with Gasteiger partial charge in [0.1, 0.15) is 23.1 Å². The number of nitrogens with zero attached hydrogens (tertiary/aromatic N) is 1. The number of anilines is 1. The summed E-state index contributed by atoms with van der Waals surface area (Å²) in [6.07, 6.45) is 0. The van der Waals surface area contributed by atoms with Crippen molar-refractivity contribution in [2.24, 2.45) is 0 Å². The van der Waals surface area contributed by atoms with Gasteiger partial charge in [-0.3, -0.25) is 4.79 Å². The van der Waals surface area contributed by atoms with Crippen molar-refractivity contribution >= 4 is 21.6 Å². The Balaban J connectivity index is 1.92. The fraction of sp³-hybridized carbons (Fsp3) is 0.208. The number of halogens is 2. The monoisotopic (exact) mass is 474 g/mol. The SMILES string of the molecule is CCOc1ccc(S(=O)(=O)N(CC(=O)Nc2c(F)cccc2F)Cc2ccccc2)cc1C. The van der Waals surface area contributed by atoms with Gasteiger partial charge in [-0.1, -0.05) is 36.4 Å². The van der Waals surface area contributed by atoms with Crippen molar-refractivity contribution in [3.8, 4) is 5.75 Å². The molecule has 0 heterocycles. The van der Waals surface area contributed by atoms with Gasteiger partial charge in [0.05, 0.1) is 18.0 Å². The van der Waals surface area contributed by atoms with Gasteiger partial charge in [0, 0.05) is 6.54 Å². The van der Waals surface area contributed by atoms with E-state index in [1.807, 2.05) is 6.92 Å². The Morgan fingerprint density at radius 2 is 1.67 bits per heavy atom. The maximum Gasteiger partial charge on any atom is 0.243 e. The summed E-state index contributed by atoms with van der Waals surface area (Å²) in [7, 11) is -4.13. The molecule has 0 aliphatic heterocycles. The normalized spacial score (nSPS) is 11.4. The summed E-state index contributed by atoms with van der Waals surface area (Å²) in [6, 6.07) is 16.3. The highest BCUT2D eigenvalue weighted by atomic mass is 32.2. The lowest BCUT2D eigenvalue weighted by atomic mass is 10.2. The molecule has 1 N–H and O–H groups in total. The number of amides is 1. The molecular weight excluding hydrogens is 450 g/mol. The Kier molecular flexibility index (Phi) is 7.78. The summed E-state index contributed by atoms with van der Waals surface area (Å²) >= 11 is 0. The third-order valence-corrected chi connectivity index (χ3v) is 6.62. The van der Waals surface area contributed by atoms with E-state index >= 15 is 0 Å². The molecule has 0 aliphatic carbocycles. The van der Waals surface area contributed by atoms with Crippen LogP contribution in [0.4, 0.5) is 14.5 Å². The Hall–Kier alpha value is -3.30. The number of benzene rings is 3. The second-order valence-corrected chi connectivity index (χ2v) is 9.20. The zero-order chi connectivity index (χ0) is 24.0. The second-order valence-electron chi connectivity index (χ2n) is 7.26. The van der Waals surface area contributed by atoms with Gasteiger partial charge in [-0.15, -0.1) is 0 Å². The molecule has 0 aliphatic rings. The van der Waals surface area contributed by atoms with E-state index in [-0.39, 0.29) is 11.4 Å². The number of ether oxygens (including phenoxy) is 1. The summed E-state index contributed by atoms with van der Waals surface area (Å²) in [6.45, 7) is 3.22. The zero-order valence-electron chi connectivity index (χ0n) is 18.2. The Bertz CT molecular complexity index is 1210. The van der Waals surface area contributed by atoms with Crippen molar-refractivity contribution in [2.45, 2.75) is 25.3 Å². The summed E-state index contributed by atoms with van der Waals surface area (Å²) in [5, 5.41) is 2.14. The molecule has 0 aromatic heterocycles. The molecule has 0 atom stereocenters. The number of aryl methyl sites for hydroxylation is 1. The highest BCUT2D eigenvalue weighted by molar-refractivity contribution is 7.89. The standard InChI is InChI=1S/C24H24F2N2O4S/c1-3-32-22-13-12-19(14-17(22)2)33(30,31)28(15-18-8-5-4-6-9-18)16-23(29)27-24-20(25)10-7-11-21(24)26/h4-14H,3,15-16H2,1-2H3,(H,27,29). The maximum absolute atomic E-state index is 13.9. The van der Waals surface area contributed by atoms with Crippen molar-refractivity contribution < 1.29 is 26.7 Å². The van der Waals surface area contributed by atoms with E-state index in [9.17, 15) is 22.0 Å². The van der Waals surface area contributed by atoms with Crippen molar-refractivity contribution in [1.29, 1.82) is 0 Å². The second kappa shape index (κ2) is 10.5. The lowest BCUT2D eigenvalue weighted by molar-refractivity contribution is -0.116. The van der Waals surface area contributed by atoms with E-state index in [4.69, 9.17) is 4.74 Å². The number of nitrogens with one attached hydrogen (secondary N) is 1. The fourth-order valence-corrected chi connectivity index (χ4v) is 4.69. The van der Waals surface area contributed by atoms with Gasteiger partial charge < -0.3 is 10.1 Å². The number of sulfonamides is 1. The number of para-hydroxylation sites is 1. The molecule has 0 bridgehead atoms. The highest BCUT2D eigenvalue weighted by Gasteiger charge is 2.28. The van der Waals surface area contributed by atoms with Crippen LogP contribution in [0, 0.1) is 18.6 Å². The lowest BCUT2D eigenvalue weighted by Crippen LogP contribution is -2.37. The van der Waals surface area contributed by atoms with Crippen LogP contribution in [0.5, 0.6) is 5.75 Å². The molecule has 0 fully saturated rings. The predicted octanol–water partition coefficient (Wildman–Crippen LogP) is 4.50. The van der Waals surface area contributed by atoms with Crippen molar-refractivity contribution in [3.05, 3.63) is 89.5 Å². The molecule has 0 spiro atoms. The Labute approximate surface area is 191 Å². The van der Waals surface area contributed by atoms with Gasteiger partial charge in [0.15, 0.2) is 0 Å². The lowest BCUT2D eigenvalue weighted by Gasteiger charge is -2.22. The number of hydrogen-bond donors (Lipinski definition) is 1. The van der Waals surface area contributed by atoms with Crippen LogP contribution in [0.2, 0.25) is 0 Å². The topological polar surface area (TPSA) is 75.7 Å². The fourth-order valence-electron chi connectivity index (χ4n) is 3.22. The minimum absolute atomic E-state index is 0.0238. The minimum Gasteiger partial charge on any atom is -0.494 e. The van der Waals surface area contributed by atoms with Crippen LogP contribution in [0.15, 0.2) is 71.6 Å². The first-order valence-electron chi connectivity index (χ1n) is 10.2. The van der Waals surface area contributed by atoms with E-state index in [1.165, 1.54) is 18.2 Å². The quantitative estimate of drug-likeness (QED) is 0.496. The first-order chi connectivity index (χ1) is 15.7. The van der Waals surface area contributed by atoms with Crippen molar-refractivity contribution in [1.82, 2.24) is 4.31 Å². The van der Waals surface area contributed by atoms with Crippen LogP contribution in [0.3, 0.4) is 0 Å². The van der Waals surface area contributed by atoms with Gasteiger partial charge in [-0.25, -0.2) is 17.2 Å². The third-order valence-electron chi connectivity index (χ3n) is 4.83. The van der Waals surface area contributed by atoms with Crippen LogP contribution in [-0.4, -0.2) is 31.8 Å². The third kappa shape index (κ3) is 5.94. The van der Waals surface area contributed by atoms with E-state index in [0.29, 0.717) is 23.5 Å². The van der Waals surface area contributed by atoms with Crippen LogP contribution < -0.4 is 10.1 Å². The summed E-state index contributed by atoms with van der Waals surface area (Å²) in [4.78, 5) is 12.6. The average Bonchev–Trinajstić information content (AvgIpc) is 2.78. The smallest absolute Gasteiger partial charge is 0.243 e. The van der Waals surface area contributed by atoms with Crippen LogP contribution in [0.1, 0.15) is 18.1 Å². The molecule has 3 aromatic carbocycles. The molecule has 3 aromatic rings. The van der Waals surface area contributed by atoms with Crippen molar-refractivity contribution in [2.75, 3.05) is 18.5 Å². The molecular formula is C24H24F2N2O4S. The zero-order valence-corrected chi connectivity index (χ0v) is 19.0. The molecule has 9 heteroatoms. The first-order valence-corrected chi connectivity index (χ1v) is 11.7. The molecule has 0 saturated heterocycles. The van der Waals surface area contributed by atoms with E-state index < -0.39 is 39.8 Å². The van der Waals surface area contributed by atoms with E-state index in [2.05, 4.69) is 5.32 Å². The van der Waals surface area contributed by atoms with Crippen molar-refractivity contribution in [3.63, 3.8) is 0 Å². The highest BCUT2D eigenvalue weighted by Crippen LogP contribution is 2.25. The molecule has 6 nitrogen and oxygen atoms in total. The Morgan fingerprint density at radius 1 is 1.00 bits per heavy atom. The number of carbonyl (C=O) groups excluding carboxylic acids is 1. The number of carbonyl (C=O) groups is 1. The predicted molar refractivity (Wildman–Crippen MR) is 121 cm³/mol. The molecule has 1 amide bonds. The first kappa shape index (κ1) is 24.3. The summed E-state index contributed by atoms with van der Waals surface area (Å²) in [5.41, 5.74) is 0.639. The summed E-state index contributed by atoms with van der Waals surface area (Å²) < 4.78 is 61.2. The van der Waals surface area contributed by atoms with Gasteiger partial charge in [0.2, 0.25) is 15.9 Å². The van der Waals surface area contributed by atoms with Crippen LogP contribution >= 0.6 is 0 Å². The number of rotatable bonds is 9. The largest absolute Gasteiger partial charge is 0.494 e. The molecule has 0 unspecified atom stereocenters. The maximum atomic E-state index is 13.9. The van der Waals surface area contributed by atoms with Crippen LogP contribution in [-0.2, 0) is 21.4 Å². The molecule has 0 saturated carbocycles. The number of hydrogen-bond acceptors (Lipinski definition) is 4. The van der Waals surface area contributed by atoms with Gasteiger partial charge >= 0.3 is 0 Å². The summed E-state index contributed by atoms with van der Waals surface area (Å²) in [5.74, 6) is -2.23. The minimum atomic E-state index is -4.13. The molecule has 174 valence electrons. The van der Waals surface area contributed by atoms with Gasteiger partial charge in [-0.2, -0.15) is 4.31 Å². The average molecular weight is 475 g/mol. The van der Waals surface area contributed by atoms with Crippen LogP contribution in [0.25, 0.3) is 0 Å². The molecule has 3 rings (SSSR count). The molecule has 0 radical (unpaired) electrons. The van der Waals surface area contributed by atoms with E-state index in [0.717, 1.165) is 16.4 Å². The van der Waals surface area contributed by atoms with Gasteiger partial charge in [-0.05, 0) is 55.3 Å².